The van der Waals surface area contributed by atoms with Crippen LogP contribution >= 0.6 is 0 Å². The Morgan fingerprint density at radius 3 is 2.32 bits per heavy atom. The average Bonchev–Trinajstić information content (AvgIpc) is 2.81. The Bertz CT molecular complexity index is 1060. The van der Waals surface area contributed by atoms with Gasteiger partial charge in [0.1, 0.15) is 5.75 Å². The molecule has 0 radical (unpaired) electrons. The number of nitrogens with one attached hydrogen (secondary N) is 1. The van der Waals surface area contributed by atoms with Crippen molar-refractivity contribution < 1.29 is 9.53 Å². The quantitative estimate of drug-likeness (QED) is 0.614. The Morgan fingerprint density at radius 2 is 1.65 bits per heavy atom. The van der Waals surface area contributed by atoms with E-state index in [1.165, 1.54) is 0 Å². The van der Waals surface area contributed by atoms with E-state index < -0.39 is 0 Å². The molecule has 1 amide bonds. The highest BCUT2D eigenvalue weighted by Crippen LogP contribution is 2.30. The Balaban J connectivity index is 1.45. The number of nitrogen functional groups attached to an aromatic ring is 1. The summed E-state index contributed by atoms with van der Waals surface area (Å²) in [4.78, 5) is 16.9. The van der Waals surface area contributed by atoms with Gasteiger partial charge in [0.05, 0.1) is 18.5 Å². The molecule has 1 aliphatic rings. The highest BCUT2D eigenvalue weighted by Gasteiger charge is 2.20. The van der Waals surface area contributed by atoms with Gasteiger partial charge in [-0.1, -0.05) is 18.2 Å². The molecule has 31 heavy (non-hydrogen) atoms. The number of likely N-dealkylation sites (N-methyl/N-ethyl adjacent to an activating group) is 1. The summed E-state index contributed by atoms with van der Waals surface area (Å²) in [5, 5.41) is 3.34. The molecule has 1 aliphatic heterocycles. The summed E-state index contributed by atoms with van der Waals surface area (Å²) >= 11 is 0. The van der Waals surface area contributed by atoms with Crippen molar-refractivity contribution >= 4 is 23.0 Å². The normalized spacial score (nSPS) is 14.3. The molecule has 0 saturated carbocycles. The van der Waals surface area contributed by atoms with Crippen molar-refractivity contribution in [3.63, 3.8) is 0 Å². The molecule has 160 valence electrons. The molecule has 6 nitrogen and oxygen atoms in total. The fourth-order valence-electron chi connectivity index (χ4n) is 3.70. The maximum Gasteiger partial charge on any atom is 0.253 e. The Kier molecular flexibility index (Phi) is 6.09. The van der Waals surface area contributed by atoms with Crippen LogP contribution in [-0.2, 0) is 0 Å². The number of ether oxygens (including phenoxy) is 1. The van der Waals surface area contributed by atoms with Crippen molar-refractivity contribution in [2.45, 2.75) is 0 Å². The highest BCUT2D eigenvalue weighted by molar-refractivity contribution is 5.94. The number of nitrogens with two attached hydrogens (primary N) is 1. The number of nitrogens with zero attached hydrogens (tertiary/aromatic N) is 2. The van der Waals surface area contributed by atoms with Crippen molar-refractivity contribution in [2.24, 2.45) is 0 Å². The molecule has 0 spiro atoms. The molecule has 0 unspecified atom stereocenters. The van der Waals surface area contributed by atoms with E-state index in [1.54, 1.807) is 7.11 Å². The molecule has 3 N–H and O–H groups in total. The first-order valence-corrected chi connectivity index (χ1v) is 10.4. The van der Waals surface area contributed by atoms with Crippen molar-refractivity contribution in [1.29, 1.82) is 0 Å². The molecule has 6 heteroatoms. The van der Waals surface area contributed by atoms with Crippen LogP contribution in [0.25, 0.3) is 11.1 Å². The zero-order chi connectivity index (χ0) is 21.8. The number of carbonyl (C=O) groups excluding carboxylic acids is 1. The molecular formula is C25H28N4O2. The van der Waals surface area contributed by atoms with Gasteiger partial charge in [0.25, 0.3) is 5.91 Å². The van der Waals surface area contributed by atoms with E-state index in [1.807, 2.05) is 71.6 Å². The fourth-order valence-corrected chi connectivity index (χ4v) is 3.70. The lowest BCUT2D eigenvalue weighted by Crippen LogP contribution is -2.47. The minimum Gasteiger partial charge on any atom is -0.497 e. The zero-order valence-electron chi connectivity index (χ0n) is 18.0. The molecule has 0 aliphatic carbocycles. The summed E-state index contributed by atoms with van der Waals surface area (Å²) in [6.07, 6.45) is 0. The second-order valence-corrected chi connectivity index (χ2v) is 7.83. The van der Waals surface area contributed by atoms with E-state index in [2.05, 4.69) is 17.3 Å². The van der Waals surface area contributed by atoms with Crippen LogP contribution in [0.4, 0.5) is 17.1 Å². The van der Waals surface area contributed by atoms with Crippen LogP contribution < -0.4 is 15.8 Å². The second kappa shape index (κ2) is 9.10. The third kappa shape index (κ3) is 4.81. The summed E-state index contributed by atoms with van der Waals surface area (Å²) in [5.41, 5.74) is 11.4. The van der Waals surface area contributed by atoms with E-state index in [4.69, 9.17) is 10.5 Å². The fraction of sp³-hybridized carbons (Fsp3) is 0.240. The first-order valence-electron chi connectivity index (χ1n) is 10.4. The third-order valence-electron chi connectivity index (χ3n) is 5.66. The Hall–Kier alpha value is -3.51. The molecule has 0 bridgehead atoms. The SMILES string of the molecule is COc1cccc(-c2ccc(Nc3ccc(C(=O)N4CCN(C)CC4)cc3)c(N)c2)c1. The van der Waals surface area contributed by atoms with Crippen LogP contribution in [0, 0.1) is 0 Å². The van der Waals surface area contributed by atoms with E-state index in [0.717, 1.165) is 54.4 Å². The largest absolute Gasteiger partial charge is 0.497 e. The van der Waals surface area contributed by atoms with E-state index >= 15 is 0 Å². The van der Waals surface area contributed by atoms with Crippen molar-refractivity contribution in [3.05, 3.63) is 72.3 Å². The summed E-state index contributed by atoms with van der Waals surface area (Å²) < 4.78 is 5.31. The zero-order valence-corrected chi connectivity index (χ0v) is 18.0. The maximum absolute atomic E-state index is 12.7. The highest BCUT2D eigenvalue weighted by atomic mass is 16.5. The lowest BCUT2D eigenvalue weighted by molar-refractivity contribution is 0.0664. The molecular weight excluding hydrogens is 388 g/mol. The monoisotopic (exact) mass is 416 g/mol. The summed E-state index contributed by atoms with van der Waals surface area (Å²) in [7, 11) is 3.74. The van der Waals surface area contributed by atoms with Gasteiger partial charge >= 0.3 is 0 Å². The van der Waals surface area contributed by atoms with E-state index in [0.29, 0.717) is 11.3 Å². The standard InChI is InChI=1S/C25H28N4O2/c1-28-12-14-29(15-13-28)25(30)18-6-9-21(10-7-18)27-24-11-8-20(17-23(24)26)19-4-3-5-22(16-19)31-2/h3-11,16-17,27H,12-15,26H2,1-2H3. The number of carbonyl (C=O) groups is 1. The molecule has 1 heterocycles. The second-order valence-electron chi connectivity index (χ2n) is 7.83. The average molecular weight is 417 g/mol. The summed E-state index contributed by atoms with van der Waals surface area (Å²) in [5.74, 6) is 0.895. The van der Waals surface area contributed by atoms with Crippen molar-refractivity contribution in [2.75, 3.05) is 51.4 Å². The third-order valence-corrected chi connectivity index (χ3v) is 5.66. The lowest BCUT2D eigenvalue weighted by atomic mass is 10.0. The lowest BCUT2D eigenvalue weighted by Gasteiger charge is -2.32. The van der Waals surface area contributed by atoms with Crippen molar-refractivity contribution in [3.8, 4) is 16.9 Å². The number of benzene rings is 3. The number of hydrogen-bond donors (Lipinski definition) is 2. The van der Waals surface area contributed by atoms with Crippen LogP contribution in [0.2, 0.25) is 0 Å². The first-order chi connectivity index (χ1) is 15.0. The van der Waals surface area contributed by atoms with Gasteiger partial charge in [0.15, 0.2) is 0 Å². The van der Waals surface area contributed by atoms with Crippen LogP contribution in [0.5, 0.6) is 5.75 Å². The van der Waals surface area contributed by atoms with E-state index in [9.17, 15) is 4.79 Å². The molecule has 0 atom stereocenters. The van der Waals surface area contributed by atoms with Gasteiger partial charge in [-0.3, -0.25) is 4.79 Å². The van der Waals surface area contributed by atoms with Crippen LogP contribution in [0.3, 0.4) is 0 Å². The predicted octanol–water partition coefficient (Wildman–Crippen LogP) is 4.08. The topological polar surface area (TPSA) is 70.8 Å². The van der Waals surface area contributed by atoms with Crippen LogP contribution in [0.15, 0.2) is 66.7 Å². The van der Waals surface area contributed by atoms with Crippen molar-refractivity contribution in [1.82, 2.24) is 9.80 Å². The minimum absolute atomic E-state index is 0.0850. The molecule has 1 saturated heterocycles. The maximum atomic E-state index is 12.7. The molecule has 3 aromatic rings. The van der Waals surface area contributed by atoms with Gasteiger partial charge in [-0.25, -0.2) is 0 Å². The van der Waals surface area contributed by atoms with Gasteiger partial charge in [-0.2, -0.15) is 0 Å². The number of methoxy groups -OCH3 is 1. The summed E-state index contributed by atoms with van der Waals surface area (Å²) in [6, 6.07) is 21.4. The van der Waals surface area contributed by atoms with Crippen LogP contribution in [-0.4, -0.2) is 56.0 Å². The minimum atomic E-state index is 0.0850. The first kappa shape index (κ1) is 20.8. The van der Waals surface area contributed by atoms with Gasteiger partial charge in [-0.15, -0.1) is 0 Å². The predicted molar refractivity (Wildman–Crippen MR) is 126 cm³/mol. The van der Waals surface area contributed by atoms with Gasteiger partial charge < -0.3 is 25.6 Å². The van der Waals surface area contributed by atoms with E-state index in [-0.39, 0.29) is 5.91 Å². The number of anilines is 3. The van der Waals surface area contributed by atoms with Gasteiger partial charge in [0, 0.05) is 37.4 Å². The van der Waals surface area contributed by atoms with Gasteiger partial charge in [0.2, 0.25) is 0 Å². The molecule has 3 aromatic carbocycles. The van der Waals surface area contributed by atoms with Gasteiger partial charge in [-0.05, 0) is 66.7 Å². The Morgan fingerprint density at radius 1 is 0.935 bits per heavy atom. The summed E-state index contributed by atoms with van der Waals surface area (Å²) in [6.45, 7) is 3.36. The Labute approximate surface area is 183 Å². The molecule has 1 fully saturated rings. The molecule has 4 rings (SSSR count). The molecule has 0 aromatic heterocycles. The number of amides is 1. The number of piperazine rings is 1. The number of rotatable bonds is 5. The number of hydrogen-bond acceptors (Lipinski definition) is 5. The smallest absolute Gasteiger partial charge is 0.253 e. The van der Waals surface area contributed by atoms with Crippen LogP contribution in [0.1, 0.15) is 10.4 Å².